The normalized spacial score (nSPS) is 27.7. The molecule has 1 fully saturated rings. The molecule has 0 amide bonds. The van der Waals surface area contributed by atoms with Gasteiger partial charge in [0.15, 0.2) is 0 Å². The largest absolute Gasteiger partial charge is 0.457 e. The summed E-state index contributed by atoms with van der Waals surface area (Å²) in [5.74, 6) is -0.520. The van der Waals surface area contributed by atoms with Crippen molar-refractivity contribution in [1.82, 2.24) is 0 Å². The van der Waals surface area contributed by atoms with Crippen LogP contribution in [-0.2, 0) is 9.53 Å². The van der Waals surface area contributed by atoms with Gasteiger partial charge in [0.05, 0.1) is 6.42 Å². The molecule has 1 aromatic carbocycles. The minimum absolute atomic E-state index is 0.174. The van der Waals surface area contributed by atoms with Crippen LogP contribution in [0.5, 0.6) is 0 Å². The van der Waals surface area contributed by atoms with Crippen LogP contribution in [0.15, 0.2) is 28.7 Å². The average Bonchev–Trinajstić information content (AvgIpc) is 2.28. The maximum Gasteiger partial charge on any atom is 0.313 e. The number of carbonyl (C=O) groups is 1. The molecule has 0 aromatic heterocycles. The Labute approximate surface area is 112 Å². The van der Waals surface area contributed by atoms with E-state index in [9.17, 15) is 14.9 Å². The second-order valence-corrected chi connectivity index (χ2v) is 5.58. The number of hydrogen-bond acceptors (Lipinski definition) is 4. The molecule has 2 atom stereocenters. The van der Waals surface area contributed by atoms with E-state index in [1.807, 2.05) is 12.1 Å². The van der Waals surface area contributed by atoms with Gasteiger partial charge in [0.25, 0.3) is 0 Å². The maximum atomic E-state index is 11.5. The first kappa shape index (κ1) is 13.0. The highest BCUT2D eigenvalue weighted by Crippen LogP contribution is 2.36. The highest BCUT2D eigenvalue weighted by molar-refractivity contribution is 9.10. The van der Waals surface area contributed by atoms with Gasteiger partial charge in [0, 0.05) is 16.3 Å². The standard InChI is InChI=1S/C12H12BrNO4/c1-12(14(16)17)6-10(18-11(15)7-12)8-2-4-9(13)5-3-8/h2-5,10H,6-7H2,1H3/t10-,12-/m1/s1. The molecule has 96 valence electrons. The van der Waals surface area contributed by atoms with Crippen molar-refractivity contribution in [1.29, 1.82) is 0 Å². The minimum Gasteiger partial charge on any atom is -0.457 e. The maximum absolute atomic E-state index is 11.5. The Morgan fingerprint density at radius 2 is 2.06 bits per heavy atom. The van der Waals surface area contributed by atoms with Crippen LogP contribution in [0.25, 0.3) is 0 Å². The number of benzene rings is 1. The Bertz CT molecular complexity index is 487. The number of ether oxygens (including phenoxy) is 1. The van der Waals surface area contributed by atoms with Crippen molar-refractivity contribution in [3.63, 3.8) is 0 Å². The van der Waals surface area contributed by atoms with Crippen molar-refractivity contribution >= 4 is 21.9 Å². The number of carbonyl (C=O) groups excluding carboxylic acids is 1. The summed E-state index contributed by atoms with van der Waals surface area (Å²) in [6.07, 6.45) is -0.518. The fourth-order valence-electron chi connectivity index (χ4n) is 2.03. The summed E-state index contributed by atoms with van der Waals surface area (Å²) in [4.78, 5) is 22.2. The highest BCUT2D eigenvalue weighted by atomic mass is 79.9. The third-order valence-corrected chi connectivity index (χ3v) is 3.64. The van der Waals surface area contributed by atoms with Gasteiger partial charge in [-0.15, -0.1) is 0 Å². The summed E-state index contributed by atoms with van der Waals surface area (Å²) in [5.41, 5.74) is -0.466. The molecular formula is C12H12BrNO4. The number of rotatable bonds is 2. The predicted molar refractivity (Wildman–Crippen MR) is 67.6 cm³/mol. The summed E-state index contributed by atoms with van der Waals surface area (Å²) in [6, 6.07) is 7.24. The Morgan fingerprint density at radius 1 is 1.44 bits per heavy atom. The lowest BCUT2D eigenvalue weighted by Gasteiger charge is -2.31. The zero-order valence-electron chi connectivity index (χ0n) is 9.76. The molecule has 5 nitrogen and oxygen atoms in total. The minimum atomic E-state index is -1.24. The first-order valence-corrected chi connectivity index (χ1v) is 6.29. The van der Waals surface area contributed by atoms with E-state index in [2.05, 4.69) is 15.9 Å². The molecule has 18 heavy (non-hydrogen) atoms. The Balaban J connectivity index is 2.26. The molecule has 6 heteroatoms. The second kappa shape index (κ2) is 4.68. The Kier molecular flexibility index (Phi) is 3.38. The van der Waals surface area contributed by atoms with E-state index < -0.39 is 17.6 Å². The fourth-order valence-corrected chi connectivity index (χ4v) is 2.29. The fraction of sp³-hybridized carbons (Fsp3) is 0.417. The van der Waals surface area contributed by atoms with Crippen LogP contribution < -0.4 is 0 Å². The quantitative estimate of drug-likeness (QED) is 0.478. The van der Waals surface area contributed by atoms with Crippen LogP contribution in [0.2, 0.25) is 0 Å². The van der Waals surface area contributed by atoms with Gasteiger partial charge in [-0.2, -0.15) is 0 Å². The van der Waals surface area contributed by atoms with Gasteiger partial charge in [-0.3, -0.25) is 14.9 Å². The number of nitro groups is 1. The van der Waals surface area contributed by atoms with Crippen molar-refractivity contribution in [3.05, 3.63) is 44.4 Å². The molecule has 0 bridgehead atoms. The smallest absolute Gasteiger partial charge is 0.313 e. The summed E-state index contributed by atoms with van der Waals surface area (Å²) < 4.78 is 6.11. The molecular weight excluding hydrogens is 302 g/mol. The van der Waals surface area contributed by atoms with Crippen LogP contribution >= 0.6 is 15.9 Å². The molecule has 1 saturated heterocycles. The van der Waals surface area contributed by atoms with Gasteiger partial charge in [-0.25, -0.2) is 0 Å². The predicted octanol–water partition coefficient (Wildman–Crippen LogP) is 2.86. The van der Waals surface area contributed by atoms with E-state index in [0.29, 0.717) is 0 Å². The topological polar surface area (TPSA) is 69.4 Å². The lowest BCUT2D eigenvalue weighted by molar-refractivity contribution is -0.570. The van der Waals surface area contributed by atoms with Gasteiger partial charge in [-0.1, -0.05) is 28.1 Å². The van der Waals surface area contributed by atoms with Crippen molar-refractivity contribution in [2.24, 2.45) is 0 Å². The third-order valence-electron chi connectivity index (χ3n) is 3.11. The van der Waals surface area contributed by atoms with Gasteiger partial charge in [-0.05, 0) is 17.7 Å². The zero-order chi connectivity index (χ0) is 13.3. The lowest BCUT2D eigenvalue weighted by atomic mass is 9.86. The Hall–Kier alpha value is -1.43. The molecule has 0 radical (unpaired) electrons. The van der Waals surface area contributed by atoms with Gasteiger partial charge in [0.1, 0.15) is 12.5 Å². The van der Waals surface area contributed by atoms with Crippen molar-refractivity contribution in [2.75, 3.05) is 0 Å². The first-order valence-electron chi connectivity index (χ1n) is 5.50. The van der Waals surface area contributed by atoms with Gasteiger partial charge < -0.3 is 4.74 Å². The summed E-state index contributed by atoms with van der Waals surface area (Å²) in [7, 11) is 0. The van der Waals surface area contributed by atoms with Crippen LogP contribution in [0.1, 0.15) is 31.4 Å². The van der Waals surface area contributed by atoms with E-state index in [1.165, 1.54) is 6.92 Å². The van der Waals surface area contributed by atoms with Crippen molar-refractivity contribution < 1.29 is 14.5 Å². The summed E-state index contributed by atoms with van der Waals surface area (Å²) in [5, 5.41) is 11.0. The summed E-state index contributed by atoms with van der Waals surface area (Å²) >= 11 is 3.31. The molecule has 1 aliphatic rings. The zero-order valence-corrected chi connectivity index (χ0v) is 11.3. The number of nitrogens with zero attached hydrogens (tertiary/aromatic N) is 1. The van der Waals surface area contributed by atoms with Gasteiger partial charge in [0.2, 0.25) is 5.54 Å². The molecule has 1 aliphatic heterocycles. The van der Waals surface area contributed by atoms with E-state index in [1.54, 1.807) is 12.1 Å². The third kappa shape index (κ3) is 2.53. The Morgan fingerprint density at radius 3 is 2.61 bits per heavy atom. The summed E-state index contributed by atoms with van der Waals surface area (Å²) in [6.45, 7) is 1.49. The van der Waals surface area contributed by atoms with E-state index in [-0.39, 0.29) is 17.8 Å². The lowest BCUT2D eigenvalue weighted by Crippen LogP contribution is -2.43. The average molecular weight is 314 g/mol. The van der Waals surface area contributed by atoms with E-state index in [0.717, 1.165) is 10.0 Å². The molecule has 0 spiro atoms. The molecule has 0 N–H and O–H groups in total. The molecule has 1 aromatic rings. The molecule has 0 saturated carbocycles. The SMILES string of the molecule is C[C@]1([N+](=O)[O-])CC(=O)O[C@@H](c2ccc(Br)cc2)C1. The van der Waals surface area contributed by atoms with Gasteiger partial charge >= 0.3 is 5.97 Å². The van der Waals surface area contributed by atoms with E-state index in [4.69, 9.17) is 4.74 Å². The monoisotopic (exact) mass is 313 g/mol. The van der Waals surface area contributed by atoms with E-state index >= 15 is 0 Å². The van der Waals surface area contributed by atoms with Crippen LogP contribution in [0.4, 0.5) is 0 Å². The van der Waals surface area contributed by atoms with Crippen LogP contribution in [-0.4, -0.2) is 16.4 Å². The van der Waals surface area contributed by atoms with Crippen LogP contribution in [0.3, 0.4) is 0 Å². The molecule has 1 heterocycles. The van der Waals surface area contributed by atoms with Crippen molar-refractivity contribution in [2.45, 2.75) is 31.4 Å². The number of cyclic esters (lactones) is 1. The van der Waals surface area contributed by atoms with Crippen LogP contribution in [0, 0.1) is 10.1 Å². The first-order chi connectivity index (χ1) is 8.40. The number of halogens is 1. The molecule has 0 unspecified atom stereocenters. The molecule has 2 rings (SSSR count). The second-order valence-electron chi connectivity index (χ2n) is 4.67. The number of hydrogen-bond donors (Lipinski definition) is 0. The highest BCUT2D eigenvalue weighted by Gasteiger charge is 2.47. The number of esters is 1. The van der Waals surface area contributed by atoms with Crippen molar-refractivity contribution in [3.8, 4) is 0 Å². The molecule has 0 aliphatic carbocycles.